The molecule has 0 unspecified atom stereocenters. The number of fused-ring (bicyclic) bond motifs is 3. The zero-order valence-electron chi connectivity index (χ0n) is 22.6. The van der Waals surface area contributed by atoms with Gasteiger partial charge < -0.3 is 36.0 Å². The molecule has 1 aliphatic heterocycles. The third-order valence-electron chi connectivity index (χ3n) is 9.19. The zero-order chi connectivity index (χ0) is 28.5. The van der Waals surface area contributed by atoms with Gasteiger partial charge in [0.25, 0.3) is 5.91 Å². The molecule has 4 atom stereocenters. The first kappa shape index (κ1) is 27.2. The number of hydrogen-bond acceptors (Lipinski definition) is 10. The number of hydrogen-bond donors (Lipinski definition) is 5. The van der Waals surface area contributed by atoms with E-state index in [-0.39, 0.29) is 35.8 Å². The molecule has 0 aromatic heterocycles. The maximum Gasteiger partial charge on any atom is 0.255 e. The van der Waals surface area contributed by atoms with E-state index in [0.29, 0.717) is 11.3 Å². The number of ketones is 2. The number of amides is 1. The number of nitrogens with zero attached hydrogens (tertiary/aromatic N) is 3. The molecule has 11 nitrogen and oxygen atoms in total. The molecule has 6 N–H and O–H groups in total. The topological polar surface area (TPSA) is 168 Å². The Labute approximate surface area is 226 Å². The van der Waals surface area contributed by atoms with Gasteiger partial charge in [0.2, 0.25) is 5.78 Å². The number of phenols is 1. The second kappa shape index (κ2) is 9.35. The third kappa shape index (κ3) is 3.86. The molecule has 11 heteroatoms. The SMILES string of the molecule is CN1CCC(N(C)c2ccc3c(c2O)C(=O)C2=C(O)[C@]4(O)C(=O)C(C(N)=O)=C(O)[C@@H](N(C)C)[C@@H]4C[C@@H]2C3)CC1. The molecule has 1 fully saturated rings. The number of aliphatic hydroxyl groups excluding tert-OH is 2. The standard InChI is InChI=1S/C28H36N4O7/c1-30(2)21-16-12-14-11-13-5-6-17(32(4)15-7-9-31(3)10-8-15)22(33)18(13)23(34)19(14)25(36)28(16,39)26(37)20(24(21)35)27(29)38/h5-6,14-16,21,33,35-36,39H,7-12H2,1-4H3,(H2,29,38)/t14-,16-,21-,28-/m0/s1. The summed E-state index contributed by atoms with van der Waals surface area (Å²) in [7, 11) is 7.15. The number of benzene rings is 1. The molecule has 3 aliphatic carbocycles. The van der Waals surface area contributed by atoms with Crippen molar-refractivity contribution in [1.29, 1.82) is 0 Å². The van der Waals surface area contributed by atoms with Crippen LogP contribution in [0.2, 0.25) is 0 Å². The van der Waals surface area contributed by atoms with Crippen LogP contribution < -0.4 is 10.6 Å². The van der Waals surface area contributed by atoms with Crippen LogP contribution in [0.1, 0.15) is 35.2 Å². The van der Waals surface area contributed by atoms with Crippen LogP contribution in [0.4, 0.5) is 5.69 Å². The highest BCUT2D eigenvalue weighted by molar-refractivity contribution is 6.24. The molecule has 1 aromatic carbocycles. The number of aromatic hydroxyl groups is 1. The Morgan fingerprint density at radius 3 is 2.33 bits per heavy atom. The van der Waals surface area contributed by atoms with Crippen LogP contribution in [0.5, 0.6) is 5.75 Å². The largest absolute Gasteiger partial charge is 0.510 e. The number of carbonyl (C=O) groups excluding carboxylic acids is 3. The summed E-state index contributed by atoms with van der Waals surface area (Å²) in [5, 5.41) is 45.3. The van der Waals surface area contributed by atoms with Gasteiger partial charge in [-0.2, -0.15) is 0 Å². The highest BCUT2D eigenvalue weighted by Gasteiger charge is 2.63. The van der Waals surface area contributed by atoms with Crippen LogP contribution in [0, 0.1) is 11.8 Å². The number of likely N-dealkylation sites (N-methyl/N-ethyl adjacent to an activating group) is 1. The molecule has 1 saturated heterocycles. The van der Waals surface area contributed by atoms with Crippen molar-refractivity contribution >= 4 is 23.2 Å². The minimum atomic E-state index is -2.64. The van der Waals surface area contributed by atoms with E-state index in [1.807, 2.05) is 11.9 Å². The van der Waals surface area contributed by atoms with Crippen molar-refractivity contribution in [3.63, 3.8) is 0 Å². The molecule has 1 aromatic rings. The minimum Gasteiger partial charge on any atom is -0.510 e. The van der Waals surface area contributed by atoms with Gasteiger partial charge in [-0.1, -0.05) is 6.07 Å². The number of primary amides is 1. The molecule has 0 bridgehead atoms. The van der Waals surface area contributed by atoms with Gasteiger partial charge in [0.1, 0.15) is 22.8 Å². The van der Waals surface area contributed by atoms with Crippen molar-refractivity contribution in [2.75, 3.05) is 46.2 Å². The number of anilines is 1. The lowest BCUT2D eigenvalue weighted by Crippen LogP contribution is -2.63. The van der Waals surface area contributed by atoms with E-state index in [2.05, 4.69) is 11.9 Å². The molecular weight excluding hydrogens is 504 g/mol. The highest BCUT2D eigenvalue weighted by atomic mass is 16.3. The van der Waals surface area contributed by atoms with E-state index >= 15 is 0 Å². The summed E-state index contributed by atoms with van der Waals surface area (Å²) < 4.78 is 0. The van der Waals surface area contributed by atoms with E-state index in [1.165, 1.54) is 4.90 Å². The van der Waals surface area contributed by atoms with Crippen LogP contribution in [-0.2, 0) is 16.0 Å². The second-order valence-corrected chi connectivity index (χ2v) is 11.6. The molecule has 0 spiro atoms. The predicted octanol–water partition coefficient (Wildman–Crippen LogP) is 0.651. The molecule has 0 saturated carbocycles. The Hall–Kier alpha value is -3.41. The first-order chi connectivity index (χ1) is 18.3. The highest BCUT2D eigenvalue weighted by Crippen LogP contribution is 2.52. The van der Waals surface area contributed by atoms with Crippen molar-refractivity contribution in [2.24, 2.45) is 17.6 Å². The van der Waals surface area contributed by atoms with Crippen molar-refractivity contribution in [1.82, 2.24) is 9.80 Å². The normalized spacial score (nSPS) is 29.8. The number of phenolic OH excluding ortho intramolecular Hbond substituents is 1. The van der Waals surface area contributed by atoms with Crippen molar-refractivity contribution in [2.45, 2.75) is 43.4 Å². The van der Waals surface area contributed by atoms with Gasteiger partial charge in [-0.25, -0.2) is 0 Å². The van der Waals surface area contributed by atoms with Crippen molar-refractivity contribution < 1.29 is 34.8 Å². The van der Waals surface area contributed by atoms with Crippen LogP contribution in [0.25, 0.3) is 0 Å². The fourth-order valence-electron chi connectivity index (χ4n) is 7.08. The third-order valence-corrected chi connectivity index (χ3v) is 9.19. The summed E-state index contributed by atoms with van der Waals surface area (Å²) in [6.07, 6.45) is 2.15. The molecule has 0 radical (unpaired) electrons. The average molecular weight is 541 g/mol. The van der Waals surface area contributed by atoms with Gasteiger partial charge in [0.15, 0.2) is 11.4 Å². The molecule has 5 rings (SSSR count). The fraction of sp³-hybridized carbons (Fsp3) is 0.536. The van der Waals surface area contributed by atoms with Crippen LogP contribution in [0.3, 0.4) is 0 Å². The predicted molar refractivity (Wildman–Crippen MR) is 143 cm³/mol. The first-order valence-electron chi connectivity index (χ1n) is 13.2. The maximum absolute atomic E-state index is 13.9. The van der Waals surface area contributed by atoms with Crippen molar-refractivity contribution in [3.8, 4) is 5.75 Å². The van der Waals surface area contributed by atoms with E-state index < -0.39 is 58.0 Å². The summed E-state index contributed by atoms with van der Waals surface area (Å²) in [6, 6.07) is 2.78. The van der Waals surface area contributed by atoms with Crippen LogP contribution in [-0.4, -0.2) is 107 Å². The van der Waals surface area contributed by atoms with Gasteiger partial charge in [-0.3, -0.25) is 19.3 Å². The number of Topliss-reactive ketones (excluding diaryl/α,β-unsaturated/α-hetero) is 2. The maximum atomic E-state index is 13.9. The molecular formula is C28H36N4O7. The van der Waals surface area contributed by atoms with E-state index in [0.717, 1.165) is 25.9 Å². The number of carbonyl (C=O) groups is 3. The minimum absolute atomic E-state index is 0.0352. The van der Waals surface area contributed by atoms with E-state index in [9.17, 15) is 34.8 Å². The quantitative estimate of drug-likeness (QED) is 0.342. The van der Waals surface area contributed by atoms with Crippen LogP contribution >= 0.6 is 0 Å². The van der Waals surface area contributed by atoms with Crippen molar-refractivity contribution in [3.05, 3.63) is 45.9 Å². The number of aliphatic hydroxyl groups is 3. The average Bonchev–Trinajstić information content (AvgIpc) is 2.86. The summed E-state index contributed by atoms with van der Waals surface area (Å²) in [5.41, 5.74) is 2.92. The monoisotopic (exact) mass is 540 g/mol. The number of nitrogens with two attached hydrogens (primary N) is 1. The van der Waals surface area contributed by atoms with Gasteiger partial charge in [-0.05, 0) is 77.5 Å². The summed E-state index contributed by atoms with van der Waals surface area (Å²) in [6.45, 7) is 1.84. The van der Waals surface area contributed by atoms with Gasteiger partial charge in [0, 0.05) is 24.6 Å². The summed E-state index contributed by atoms with van der Waals surface area (Å²) in [4.78, 5) is 45.2. The number of rotatable bonds is 4. The second-order valence-electron chi connectivity index (χ2n) is 11.6. The molecule has 210 valence electrons. The lowest BCUT2D eigenvalue weighted by molar-refractivity contribution is -0.148. The lowest BCUT2D eigenvalue weighted by Gasteiger charge is -2.50. The van der Waals surface area contributed by atoms with Crippen LogP contribution in [0.15, 0.2) is 34.8 Å². The number of allylic oxidation sites excluding steroid dienone is 1. The Bertz CT molecular complexity index is 1330. The smallest absolute Gasteiger partial charge is 0.255 e. The Morgan fingerprint density at radius 1 is 1.10 bits per heavy atom. The molecule has 1 amide bonds. The molecule has 1 heterocycles. The van der Waals surface area contributed by atoms with Gasteiger partial charge in [-0.15, -0.1) is 0 Å². The van der Waals surface area contributed by atoms with E-state index in [1.54, 1.807) is 26.2 Å². The Morgan fingerprint density at radius 2 is 1.74 bits per heavy atom. The number of likely N-dealkylation sites (tertiary alicyclic amines) is 1. The van der Waals surface area contributed by atoms with Gasteiger partial charge in [0.05, 0.1) is 17.3 Å². The number of piperidine rings is 1. The van der Waals surface area contributed by atoms with E-state index in [4.69, 9.17) is 5.73 Å². The summed E-state index contributed by atoms with van der Waals surface area (Å²) in [5.74, 6) is -6.40. The Balaban J connectivity index is 1.60. The zero-order valence-corrected chi connectivity index (χ0v) is 22.6. The lowest BCUT2D eigenvalue weighted by atomic mass is 9.58. The Kier molecular flexibility index (Phi) is 6.52. The van der Waals surface area contributed by atoms with Gasteiger partial charge >= 0.3 is 0 Å². The first-order valence-corrected chi connectivity index (χ1v) is 13.2. The molecule has 39 heavy (non-hydrogen) atoms. The fourth-order valence-corrected chi connectivity index (χ4v) is 7.08. The molecule has 4 aliphatic rings. The summed E-state index contributed by atoms with van der Waals surface area (Å²) >= 11 is 0.